The Balaban J connectivity index is 1.91. The SMILES string of the molecule is CNC(=O)c1cccc(CCNC(=O)C(NC)c2cnn(C)c2)c1. The summed E-state index contributed by atoms with van der Waals surface area (Å²) in [4.78, 5) is 24.0. The van der Waals surface area contributed by atoms with Crippen LogP contribution in [-0.4, -0.2) is 42.2 Å². The largest absolute Gasteiger partial charge is 0.355 e. The molecular formula is C17H23N5O2. The van der Waals surface area contributed by atoms with Gasteiger partial charge in [-0.25, -0.2) is 0 Å². The monoisotopic (exact) mass is 329 g/mol. The van der Waals surface area contributed by atoms with E-state index in [-0.39, 0.29) is 11.8 Å². The minimum Gasteiger partial charge on any atom is -0.355 e. The van der Waals surface area contributed by atoms with Crippen LogP contribution in [0.1, 0.15) is 27.5 Å². The molecule has 3 N–H and O–H groups in total. The summed E-state index contributed by atoms with van der Waals surface area (Å²) in [5.74, 6) is -0.222. The molecule has 1 atom stereocenters. The Morgan fingerprint density at radius 3 is 2.71 bits per heavy atom. The Kier molecular flexibility index (Phi) is 6.08. The van der Waals surface area contributed by atoms with Gasteiger partial charge in [0.05, 0.1) is 6.20 Å². The van der Waals surface area contributed by atoms with Gasteiger partial charge in [-0.15, -0.1) is 0 Å². The first-order valence-electron chi connectivity index (χ1n) is 7.79. The third-order valence-electron chi connectivity index (χ3n) is 3.74. The molecule has 0 aliphatic heterocycles. The lowest BCUT2D eigenvalue weighted by atomic mass is 10.1. The third-order valence-corrected chi connectivity index (χ3v) is 3.74. The van der Waals surface area contributed by atoms with Gasteiger partial charge in [-0.1, -0.05) is 12.1 Å². The van der Waals surface area contributed by atoms with Crippen LogP contribution >= 0.6 is 0 Å². The van der Waals surface area contributed by atoms with Crippen molar-refractivity contribution in [1.29, 1.82) is 0 Å². The van der Waals surface area contributed by atoms with Crippen LogP contribution in [0.15, 0.2) is 36.7 Å². The van der Waals surface area contributed by atoms with Crippen LogP contribution in [0.4, 0.5) is 0 Å². The highest BCUT2D eigenvalue weighted by Gasteiger charge is 2.19. The molecule has 2 amide bonds. The van der Waals surface area contributed by atoms with E-state index >= 15 is 0 Å². The van der Waals surface area contributed by atoms with E-state index in [1.165, 1.54) is 0 Å². The number of amides is 2. The number of hydrogen-bond acceptors (Lipinski definition) is 4. The maximum atomic E-state index is 12.3. The number of aromatic nitrogens is 2. The average molecular weight is 329 g/mol. The quantitative estimate of drug-likeness (QED) is 0.686. The van der Waals surface area contributed by atoms with Crippen molar-refractivity contribution in [3.05, 3.63) is 53.3 Å². The highest BCUT2D eigenvalue weighted by atomic mass is 16.2. The number of nitrogens with one attached hydrogen (secondary N) is 3. The summed E-state index contributed by atoms with van der Waals surface area (Å²) >= 11 is 0. The average Bonchev–Trinajstić information content (AvgIpc) is 3.01. The smallest absolute Gasteiger partial charge is 0.251 e. The Hall–Kier alpha value is -2.67. The van der Waals surface area contributed by atoms with Crippen molar-refractivity contribution in [2.45, 2.75) is 12.5 Å². The number of carbonyl (C=O) groups is 2. The van der Waals surface area contributed by atoms with Gasteiger partial charge in [0.2, 0.25) is 5.91 Å². The van der Waals surface area contributed by atoms with Gasteiger partial charge in [-0.3, -0.25) is 14.3 Å². The molecule has 0 fully saturated rings. The molecule has 1 aromatic heterocycles. The van der Waals surface area contributed by atoms with Gasteiger partial charge in [0.25, 0.3) is 5.91 Å². The minimum atomic E-state index is -0.434. The number of benzene rings is 1. The zero-order valence-corrected chi connectivity index (χ0v) is 14.2. The van der Waals surface area contributed by atoms with Gasteiger partial charge in [-0.05, 0) is 31.2 Å². The molecule has 2 aromatic rings. The van der Waals surface area contributed by atoms with Gasteiger partial charge < -0.3 is 16.0 Å². The van der Waals surface area contributed by atoms with Crippen molar-refractivity contribution in [2.75, 3.05) is 20.6 Å². The highest BCUT2D eigenvalue weighted by molar-refractivity contribution is 5.94. The zero-order chi connectivity index (χ0) is 17.5. The van der Waals surface area contributed by atoms with Gasteiger partial charge in [-0.2, -0.15) is 5.10 Å². The maximum Gasteiger partial charge on any atom is 0.251 e. The van der Waals surface area contributed by atoms with Gasteiger partial charge >= 0.3 is 0 Å². The second kappa shape index (κ2) is 8.26. The van der Waals surface area contributed by atoms with Crippen molar-refractivity contribution < 1.29 is 9.59 Å². The number of likely N-dealkylation sites (N-methyl/N-ethyl adjacent to an activating group) is 1. The Morgan fingerprint density at radius 2 is 2.08 bits per heavy atom. The Bertz CT molecular complexity index is 711. The van der Waals surface area contributed by atoms with Crippen molar-refractivity contribution >= 4 is 11.8 Å². The molecule has 0 aliphatic carbocycles. The van der Waals surface area contributed by atoms with E-state index in [2.05, 4.69) is 21.0 Å². The van der Waals surface area contributed by atoms with Crippen LogP contribution in [0.3, 0.4) is 0 Å². The van der Waals surface area contributed by atoms with E-state index in [0.717, 1.165) is 11.1 Å². The van der Waals surface area contributed by atoms with Crippen molar-refractivity contribution in [1.82, 2.24) is 25.7 Å². The lowest BCUT2D eigenvalue weighted by Crippen LogP contribution is -2.36. The number of hydrogen-bond donors (Lipinski definition) is 3. The number of carbonyl (C=O) groups excluding carboxylic acids is 2. The van der Waals surface area contributed by atoms with E-state index < -0.39 is 6.04 Å². The van der Waals surface area contributed by atoms with E-state index in [4.69, 9.17) is 0 Å². The first-order valence-corrected chi connectivity index (χ1v) is 7.79. The fourth-order valence-electron chi connectivity index (χ4n) is 2.48. The van der Waals surface area contributed by atoms with Crippen molar-refractivity contribution in [3.8, 4) is 0 Å². The molecular weight excluding hydrogens is 306 g/mol. The van der Waals surface area contributed by atoms with E-state index in [0.29, 0.717) is 18.5 Å². The molecule has 0 radical (unpaired) electrons. The van der Waals surface area contributed by atoms with Gasteiger partial charge in [0.15, 0.2) is 0 Å². The van der Waals surface area contributed by atoms with Crippen LogP contribution in [0.2, 0.25) is 0 Å². The fraction of sp³-hybridized carbons (Fsp3) is 0.353. The predicted molar refractivity (Wildman–Crippen MR) is 91.6 cm³/mol. The van der Waals surface area contributed by atoms with E-state index in [1.54, 1.807) is 31.0 Å². The second-order valence-electron chi connectivity index (χ2n) is 5.49. The highest BCUT2D eigenvalue weighted by Crippen LogP contribution is 2.11. The summed E-state index contributed by atoms with van der Waals surface area (Å²) in [5.41, 5.74) is 2.43. The summed E-state index contributed by atoms with van der Waals surface area (Å²) in [6.07, 6.45) is 4.14. The molecule has 1 unspecified atom stereocenters. The molecule has 0 saturated carbocycles. The molecule has 0 bridgehead atoms. The number of aryl methyl sites for hydroxylation is 1. The molecule has 0 aliphatic rings. The maximum absolute atomic E-state index is 12.3. The minimum absolute atomic E-state index is 0.104. The molecule has 7 heteroatoms. The lowest BCUT2D eigenvalue weighted by Gasteiger charge is -2.14. The molecule has 1 aromatic carbocycles. The van der Waals surface area contributed by atoms with Crippen LogP contribution < -0.4 is 16.0 Å². The van der Waals surface area contributed by atoms with E-state index in [9.17, 15) is 9.59 Å². The number of nitrogens with zero attached hydrogens (tertiary/aromatic N) is 2. The zero-order valence-electron chi connectivity index (χ0n) is 14.2. The Labute approximate surface area is 141 Å². The van der Waals surface area contributed by atoms with Gasteiger partial charge in [0.1, 0.15) is 6.04 Å². The third kappa shape index (κ3) is 4.42. The van der Waals surface area contributed by atoms with Crippen LogP contribution in [0, 0.1) is 0 Å². The summed E-state index contributed by atoms with van der Waals surface area (Å²) < 4.78 is 1.66. The first kappa shape index (κ1) is 17.7. The number of rotatable bonds is 7. The normalized spacial score (nSPS) is 11.8. The topological polar surface area (TPSA) is 88.1 Å². The summed E-state index contributed by atoms with van der Waals surface area (Å²) in [6.45, 7) is 0.495. The van der Waals surface area contributed by atoms with Crippen LogP contribution in [-0.2, 0) is 18.3 Å². The lowest BCUT2D eigenvalue weighted by molar-refractivity contribution is -0.123. The van der Waals surface area contributed by atoms with Crippen LogP contribution in [0.5, 0.6) is 0 Å². The predicted octanol–water partition coefficient (Wildman–Crippen LogP) is 0.399. The fourth-order valence-corrected chi connectivity index (χ4v) is 2.48. The van der Waals surface area contributed by atoms with Gasteiger partial charge in [0, 0.05) is 38.0 Å². The van der Waals surface area contributed by atoms with E-state index in [1.807, 2.05) is 31.4 Å². The molecule has 24 heavy (non-hydrogen) atoms. The summed E-state index contributed by atoms with van der Waals surface area (Å²) in [5, 5.41) is 12.6. The van der Waals surface area contributed by atoms with Crippen molar-refractivity contribution in [3.63, 3.8) is 0 Å². The summed E-state index contributed by atoms with van der Waals surface area (Å²) in [6, 6.07) is 6.95. The molecule has 128 valence electrons. The molecule has 2 rings (SSSR count). The Morgan fingerprint density at radius 1 is 1.29 bits per heavy atom. The summed E-state index contributed by atoms with van der Waals surface area (Å²) in [7, 11) is 5.16. The van der Waals surface area contributed by atoms with Crippen molar-refractivity contribution in [2.24, 2.45) is 7.05 Å². The first-order chi connectivity index (χ1) is 11.5. The second-order valence-corrected chi connectivity index (χ2v) is 5.49. The standard InChI is InChI=1S/C17H23N5O2/c1-18-15(14-10-21-22(3)11-14)17(24)20-8-7-12-5-4-6-13(9-12)16(23)19-2/h4-6,9-11,15,18H,7-8H2,1-3H3,(H,19,23)(H,20,24). The molecule has 0 spiro atoms. The molecule has 7 nitrogen and oxygen atoms in total. The molecule has 1 heterocycles. The van der Waals surface area contributed by atoms with Crippen LogP contribution in [0.25, 0.3) is 0 Å². The molecule has 0 saturated heterocycles.